The Balaban J connectivity index is 1.77. The molecular formula is C15H16N2O2S. The Bertz CT molecular complexity index is 772. The van der Waals surface area contributed by atoms with Crippen LogP contribution < -0.4 is 5.32 Å². The number of rotatable bonds is 2. The summed E-state index contributed by atoms with van der Waals surface area (Å²) in [6, 6.07) is 13.7. The maximum absolute atomic E-state index is 12.8. The van der Waals surface area contributed by atoms with Gasteiger partial charge in [-0.3, -0.25) is 0 Å². The van der Waals surface area contributed by atoms with Crippen LogP contribution >= 0.6 is 0 Å². The van der Waals surface area contributed by atoms with E-state index < -0.39 is 10.0 Å². The zero-order valence-corrected chi connectivity index (χ0v) is 11.8. The van der Waals surface area contributed by atoms with Crippen molar-refractivity contribution in [1.82, 2.24) is 9.62 Å². The van der Waals surface area contributed by atoms with Crippen LogP contribution in [0, 0.1) is 0 Å². The molecule has 5 heteroatoms. The lowest BCUT2D eigenvalue weighted by Gasteiger charge is -2.26. The van der Waals surface area contributed by atoms with Crippen molar-refractivity contribution in [3.63, 3.8) is 0 Å². The highest BCUT2D eigenvalue weighted by Gasteiger charge is 2.44. The molecule has 0 spiro atoms. The summed E-state index contributed by atoms with van der Waals surface area (Å²) in [5.41, 5.74) is 0. The molecule has 2 aliphatic rings. The molecule has 2 heterocycles. The fourth-order valence-electron chi connectivity index (χ4n) is 3.28. The molecule has 2 bridgehead atoms. The summed E-state index contributed by atoms with van der Waals surface area (Å²) in [7, 11) is -3.37. The second-order valence-electron chi connectivity index (χ2n) is 5.58. The average Bonchev–Trinajstić information content (AvgIpc) is 3.09. The molecule has 2 aliphatic heterocycles. The third-order valence-electron chi connectivity index (χ3n) is 4.33. The largest absolute Gasteiger partial charge is 0.311 e. The fourth-order valence-corrected chi connectivity index (χ4v) is 5.00. The van der Waals surface area contributed by atoms with E-state index in [1.807, 2.05) is 30.3 Å². The lowest BCUT2D eigenvalue weighted by atomic mass is 10.1. The second kappa shape index (κ2) is 4.28. The molecule has 0 unspecified atom stereocenters. The van der Waals surface area contributed by atoms with Gasteiger partial charge in [0, 0.05) is 25.2 Å². The van der Waals surface area contributed by atoms with Gasteiger partial charge in [0.15, 0.2) is 0 Å². The van der Waals surface area contributed by atoms with Gasteiger partial charge < -0.3 is 5.32 Å². The number of nitrogens with one attached hydrogen (secondary N) is 1. The van der Waals surface area contributed by atoms with E-state index in [9.17, 15) is 8.42 Å². The molecule has 0 radical (unpaired) electrons. The van der Waals surface area contributed by atoms with Gasteiger partial charge in [-0.05, 0) is 29.3 Å². The van der Waals surface area contributed by atoms with E-state index in [0.717, 1.165) is 23.7 Å². The summed E-state index contributed by atoms with van der Waals surface area (Å²) < 4.78 is 27.2. The number of fused-ring (bicyclic) bond motifs is 3. The Morgan fingerprint density at radius 2 is 1.90 bits per heavy atom. The summed E-state index contributed by atoms with van der Waals surface area (Å²) in [4.78, 5) is 0.406. The van der Waals surface area contributed by atoms with Gasteiger partial charge in [0.1, 0.15) is 0 Å². The molecule has 0 aromatic heterocycles. The van der Waals surface area contributed by atoms with Gasteiger partial charge in [0.25, 0.3) is 0 Å². The van der Waals surface area contributed by atoms with Gasteiger partial charge in [-0.15, -0.1) is 0 Å². The molecule has 4 rings (SSSR count). The lowest BCUT2D eigenvalue weighted by Crippen LogP contribution is -2.46. The fraction of sp³-hybridized carbons (Fsp3) is 0.333. The summed E-state index contributed by atoms with van der Waals surface area (Å²) in [5.74, 6) is 0. The van der Waals surface area contributed by atoms with Gasteiger partial charge in [0.2, 0.25) is 10.0 Å². The van der Waals surface area contributed by atoms with Crippen LogP contribution in [0.2, 0.25) is 0 Å². The SMILES string of the molecule is O=S(=O)(c1ccc2ccccc2c1)N1C[C@H]2C[C@H]1CN2. The maximum Gasteiger partial charge on any atom is 0.243 e. The predicted octanol–water partition coefficient (Wildman–Crippen LogP) is 1.57. The number of hydrogen-bond acceptors (Lipinski definition) is 3. The second-order valence-corrected chi connectivity index (χ2v) is 7.47. The summed E-state index contributed by atoms with van der Waals surface area (Å²) in [6.07, 6.45) is 0.937. The Kier molecular flexibility index (Phi) is 2.64. The van der Waals surface area contributed by atoms with Crippen LogP contribution in [0.15, 0.2) is 47.4 Å². The first-order chi connectivity index (χ1) is 9.64. The monoisotopic (exact) mass is 288 g/mol. The molecule has 2 saturated heterocycles. The highest BCUT2D eigenvalue weighted by atomic mass is 32.2. The number of nitrogens with zero attached hydrogens (tertiary/aromatic N) is 1. The van der Waals surface area contributed by atoms with Crippen LogP contribution in [0.4, 0.5) is 0 Å². The van der Waals surface area contributed by atoms with E-state index in [-0.39, 0.29) is 6.04 Å². The Labute approximate surface area is 118 Å². The van der Waals surface area contributed by atoms with Crippen LogP contribution in [0.3, 0.4) is 0 Å². The van der Waals surface area contributed by atoms with Crippen molar-refractivity contribution in [1.29, 1.82) is 0 Å². The average molecular weight is 288 g/mol. The molecule has 1 N–H and O–H groups in total. The van der Waals surface area contributed by atoms with Crippen molar-refractivity contribution in [3.05, 3.63) is 42.5 Å². The first kappa shape index (κ1) is 12.3. The van der Waals surface area contributed by atoms with Crippen LogP contribution in [-0.4, -0.2) is 37.9 Å². The van der Waals surface area contributed by atoms with Crippen LogP contribution in [0.5, 0.6) is 0 Å². The molecule has 0 aliphatic carbocycles. The zero-order chi connectivity index (χ0) is 13.7. The topological polar surface area (TPSA) is 49.4 Å². The molecule has 2 fully saturated rings. The van der Waals surface area contributed by atoms with Crippen LogP contribution in [0.25, 0.3) is 10.8 Å². The Morgan fingerprint density at radius 3 is 2.60 bits per heavy atom. The first-order valence-corrected chi connectivity index (χ1v) is 8.33. The quantitative estimate of drug-likeness (QED) is 0.912. The van der Waals surface area contributed by atoms with Gasteiger partial charge in [-0.25, -0.2) is 8.42 Å². The van der Waals surface area contributed by atoms with Crippen molar-refractivity contribution in [2.24, 2.45) is 0 Å². The van der Waals surface area contributed by atoms with E-state index >= 15 is 0 Å². The third-order valence-corrected chi connectivity index (χ3v) is 6.25. The van der Waals surface area contributed by atoms with Crippen molar-refractivity contribution in [2.75, 3.05) is 13.1 Å². The number of sulfonamides is 1. The van der Waals surface area contributed by atoms with Crippen LogP contribution in [-0.2, 0) is 10.0 Å². The minimum Gasteiger partial charge on any atom is -0.311 e. The molecule has 0 saturated carbocycles. The van der Waals surface area contributed by atoms with E-state index in [1.54, 1.807) is 16.4 Å². The van der Waals surface area contributed by atoms with Gasteiger partial charge in [0.05, 0.1) is 4.90 Å². The first-order valence-electron chi connectivity index (χ1n) is 6.89. The van der Waals surface area contributed by atoms with E-state index in [2.05, 4.69) is 5.32 Å². The van der Waals surface area contributed by atoms with E-state index in [1.165, 1.54) is 0 Å². The number of benzene rings is 2. The van der Waals surface area contributed by atoms with Gasteiger partial charge >= 0.3 is 0 Å². The molecule has 2 aromatic rings. The van der Waals surface area contributed by atoms with Crippen LogP contribution in [0.1, 0.15) is 6.42 Å². The standard InChI is InChI=1S/C15H16N2O2S/c18-20(19,17-10-13-8-14(17)9-16-13)15-6-5-11-3-1-2-4-12(11)7-15/h1-7,13-14,16H,8-10H2/t13-,14+/m1/s1. The molecule has 4 nitrogen and oxygen atoms in total. The maximum atomic E-state index is 12.8. The van der Waals surface area contributed by atoms with Gasteiger partial charge in [-0.2, -0.15) is 4.31 Å². The van der Waals surface area contributed by atoms with Crippen molar-refractivity contribution >= 4 is 20.8 Å². The molecule has 104 valence electrons. The predicted molar refractivity (Wildman–Crippen MR) is 78.0 cm³/mol. The van der Waals surface area contributed by atoms with Crippen molar-refractivity contribution < 1.29 is 8.42 Å². The molecule has 2 aromatic carbocycles. The van der Waals surface area contributed by atoms with E-state index in [4.69, 9.17) is 0 Å². The smallest absolute Gasteiger partial charge is 0.243 e. The number of piperazine rings is 1. The third kappa shape index (κ3) is 1.78. The molecule has 2 atom stereocenters. The van der Waals surface area contributed by atoms with Crippen molar-refractivity contribution in [3.8, 4) is 0 Å². The zero-order valence-electron chi connectivity index (χ0n) is 11.0. The van der Waals surface area contributed by atoms with Gasteiger partial charge in [-0.1, -0.05) is 30.3 Å². The Hall–Kier alpha value is -1.43. The highest BCUT2D eigenvalue weighted by molar-refractivity contribution is 7.89. The molecular weight excluding hydrogens is 272 g/mol. The summed E-state index contributed by atoms with van der Waals surface area (Å²) >= 11 is 0. The minimum atomic E-state index is -3.37. The Morgan fingerprint density at radius 1 is 1.10 bits per heavy atom. The minimum absolute atomic E-state index is 0.122. The lowest BCUT2D eigenvalue weighted by molar-refractivity contribution is 0.349. The number of hydrogen-bond donors (Lipinski definition) is 1. The normalized spacial score (nSPS) is 26.4. The molecule has 0 amide bonds. The van der Waals surface area contributed by atoms with Crippen molar-refractivity contribution in [2.45, 2.75) is 23.4 Å². The molecule has 20 heavy (non-hydrogen) atoms. The summed E-state index contributed by atoms with van der Waals surface area (Å²) in [5, 5.41) is 5.37. The summed E-state index contributed by atoms with van der Waals surface area (Å²) in [6.45, 7) is 1.37. The van der Waals surface area contributed by atoms with E-state index in [0.29, 0.717) is 17.5 Å². The highest BCUT2D eigenvalue weighted by Crippen LogP contribution is 2.30.